The molecular formula is C12H22N2O4S. The first-order valence-electron chi connectivity index (χ1n) is 6.36. The van der Waals surface area contributed by atoms with Gasteiger partial charge in [0.2, 0.25) is 11.8 Å². The number of hydrogen-bond acceptors (Lipinski definition) is 4. The lowest BCUT2D eigenvalue weighted by Gasteiger charge is -2.36. The van der Waals surface area contributed by atoms with E-state index in [1.165, 1.54) is 4.90 Å². The summed E-state index contributed by atoms with van der Waals surface area (Å²) < 4.78 is 22.3. The molecule has 1 saturated heterocycles. The van der Waals surface area contributed by atoms with Crippen LogP contribution in [0.4, 0.5) is 0 Å². The summed E-state index contributed by atoms with van der Waals surface area (Å²) in [5.41, 5.74) is 0. The Morgan fingerprint density at radius 2 is 1.95 bits per heavy atom. The molecule has 1 atom stereocenters. The van der Waals surface area contributed by atoms with Crippen molar-refractivity contribution < 1.29 is 18.0 Å². The Balaban J connectivity index is 2.88. The number of rotatable bonds is 5. The molecule has 0 aliphatic carbocycles. The van der Waals surface area contributed by atoms with Crippen molar-refractivity contribution in [2.24, 2.45) is 0 Å². The molecule has 7 heteroatoms. The Bertz CT molecular complexity index is 470. The molecule has 110 valence electrons. The van der Waals surface area contributed by atoms with Gasteiger partial charge in [-0.3, -0.25) is 9.59 Å². The van der Waals surface area contributed by atoms with Crippen molar-refractivity contribution in [1.82, 2.24) is 10.2 Å². The Kier molecular flexibility index (Phi) is 4.60. The second-order valence-corrected chi connectivity index (χ2v) is 8.28. The summed E-state index contributed by atoms with van der Waals surface area (Å²) in [7, 11) is -3.30. The molecule has 0 aromatic rings. The smallest absolute Gasteiger partial charge is 0.245 e. The van der Waals surface area contributed by atoms with E-state index in [2.05, 4.69) is 5.32 Å². The van der Waals surface area contributed by atoms with Gasteiger partial charge in [-0.2, -0.15) is 0 Å². The van der Waals surface area contributed by atoms with Crippen molar-refractivity contribution >= 4 is 21.7 Å². The largest absolute Gasteiger partial charge is 0.343 e. The maximum Gasteiger partial charge on any atom is 0.245 e. The summed E-state index contributed by atoms with van der Waals surface area (Å²) in [5, 5.41) is 2.64. The van der Waals surface area contributed by atoms with E-state index in [0.29, 0.717) is 6.42 Å². The Labute approximate surface area is 114 Å². The minimum Gasteiger partial charge on any atom is -0.343 e. The van der Waals surface area contributed by atoms with Gasteiger partial charge >= 0.3 is 0 Å². The summed E-state index contributed by atoms with van der Waals surface area (Å²) in [4.78, 5) is 25.1. The van der Waals surface area contributed by atoms with Gasteiger partial charge < -0.3 is 10.2 Å². The third-order valence-corrected chi connectivity index (χ3v) is 5.57. The lowest BCUT2D eigenvalue weighted by Crippen LogP contribution is -2.60. The molecule has 1 heterocycles. The number of hydrogen-bond donors (Lipinski definition) is 1. The van der Waals surface area contributed by atoms with Crippen LogP contribution in [-0.2, 0) is 19.4 Å². The van der Waals surface area contributed by atoms with E-state index in [4.69, 9.17) is 0 Å². The van der Waals surface area contributed by atoms with Crippen LogP contribution in [0.5, 0.6) is 0 Å². The molecule has 0 aromatic carbocycles. The highest BCUT2D eigenvalue weighted by atomic mass is 32.2. The molecular weight excluding hydrogens is 268 g/mol. The molecule has 0 aromatic heterocycles. The van der Waals surface area contributed by atoms with Crippen molar-refractivity contribution in [2.75, 3.05) is 19.3 Å². The third kappa shape index (κ3) is 3.68. The standard InChI is InChI=1S/C12H22N2O4S/c1-5-6-9-11(16)14(7-10(15)13-9)8-12(2,3)19(4,17)18/h9H,5-8H2,1-4H3,(H,13,15). The molecule has 2 amide bonds. The summed E-state index contributed by atoms with van der Waals surface area (Å²) >= 11 is 0. The molecule has 6 nitrogen and oxygen atoms in total. The predicted molar refractivity (Wildman–Crippen MR) is 72.3 cm³/mol. The first-order chi connectivity index (χ1) is 8.58. The van der Waals surface area contributed by atoms with Crippen LogP contribution in [0, 0.1) is 0 Å². The van der Waals surface area contributed by atoms with E-state index in [-0.39, 0.29) is 24.9 Å². The topological polar surface area (TPSA) is 83.6 Å². The van der Waals surface area contributed by atoms with E-state index in [9.17, 15) is 18.0 Å². The quantitative estimate of drug-likeness (QED) is 0.768. The number of nitrogens with zero attached hydrogens (tertiary/aromatic N) is 1. The van der Waals surface area contributed by atoms with Gasteiger partial charge in [0.25, 0.3) is 0 Å². The summed E-state index contributed by atoms with van der Waals surface area (Å²) in [6.45, 7) is 5.03. The fourth-order valence-corrected chi connectivity index (χ4v) is 2.36. The fraction of sp³-hybridized carbons (Fsp3) is 0.833. The maximum atomic E-state index is 12.2. The highest BCUT2D eigenvalue weighted by Crippen LogP contribution is 2.19. The van der Waals surface area contributed by atoms with Gasteiger partial charge in [0.15, 0.2) is 9.84 Å². The Hall–Kier alpha value is -1.11. The van der Waals surface area contributed by atoms with E-state index in [0.717, 1.165) is 12.7 Å². The molecule has 19 heavy (non-hydrogen) atoms. The van der Waals surface area contributed by atoms with Crippen LogP contribution in [0.2, 0.25) is 0 Å². The molecule has 1 aliphatic rings. The van der Waals surface area contributed by atoms with Gasteiger partial charge in [-0.25, -0.2) is 8.42 Å². The van der Waals surface area contributed by atoms with Gasteiger partial charge in [-0.1, -0.05) is 13.3 Å². The Morgan fingerprint density at radius 1 is 1.37 bits per heavy atom. The maximum absolute atomic E-state index is 12.2. The van der Waals surface area contributed by atoms with Crippen molar-refractivity contribution in [3.63, 3.8) is 0 Å². The van der Waals surface area contributed by atoms with Gasteiger partial charge in [0.05, 0.1) is 11.3 Å². The lowest BCUT2D eigenvalue weighted by molar-refractivity contribution is -0.144. The van der Waals surface area contributed by atoms with E-state index < -0.39 is 20.6 Å². The van der Waals surface area contributed by atoms with Crippen LogP contribution in [-0.4, -0.2) is 55.3 Å². The molecule has 1 N–H and O–H groups in total. The fourth-order valence-electron chi connectivity index (χ4n) is 1.97. The van der Waals surface area contributed by atoms with Gasteiger partial charge in [0.1, 0.15) is 6.04 Å². The van der Waals surface area contributed by atoms with Gasteiger partial charge in [-0.05, 0) is 20.3 Å². The zero-order valence-electron chi connectivity index (χ0n) is 11.9. The van der Waals surface area contributed by atoms with Crippen LogP contribution in [0.25, 0.3) is 0 Å². The van der Waals surface area contributed by atoms with E-state index in [1.807, 2.05) is 6.92 Å². The van der Waals surface area contributed by atoms with Gasteiger partial charge in [-0.15, -0.1) is 0 Å². The minimum absolute atomic E-state index is 0.0400. The van der Waals surface area contributed by atoms with Crippen molar-refractivity contribution in [3.8, 4) is 0 Å². The van der Waals surface area contributed by atoms with Crippen LogP contribution >= 0.6 is 0 Å². The first-order valence-corrected chi connectivity index (χ1v) is 8.25. The molecule has 0 spiro atoms. The lowest BCUT2D eigenvalue weighted by atomic mass is 10.1. The van der Waals surface area contributed by atoms with Crippen molar-refractivity contribution in [2.45, 2.75) is 44.4 Å². The molecule has 1 fully saturated rings. The Morgan fingerprint density at radius 3 is 2.42 bits per heavy atom. The highest BCUT2D eigenvalue weighted by Gasteiger charge is 2.39. The van der Waals surface area contributed by atoms with Gasteiger partial charge in [0, 0.05) is 12.8 Å². The molecule has 0 bridgehead atoms. The zero-order valence-corrected chi connectivity index (χ0v) is 12.7. The second-order valence-electron chi connectivity index (χ2n) is 5.63. The summed E-state index contributed by atoms with van der Waals surface area (Å²) in [6.07, 6.45) is 2.49. The number of nitrogens with one attached hydrogen (secondary N) is 1. The highest BCUT2D eigenvalue weighted by molar-refractivity contribution is 7.92. The number of piperazine rings is 1. The van der Waals surface area contributed by atoms with Crippen LogP contribution in [0.3, 0.4) is 0 Å². The minimum atomic E-state index is -3.30. The number of carbonyl (C=O) groups is 2. The number of carbonyl (C=O) groups excluding carboxylic acids is 2. The summed E-state index contributed by atoms with van der Waals surface area (Å²) in [6, 6.07) is -0.526. The number of sulfone groups is 1. The van der Waals surface area contributed by atoms with E-state index in [1.54, 1.807) is 13.8 Å². The summed E-state index contributed by atoms with van der Waals surface area (Å²) in [5.74, 6) is -0.430. The monoisotopic (exact) mass is 290 g/mol. The molecule has 1 unspecified atom stereocenters. The average molecular weight is 290 g/mol. The first kappa shape index (κ1) is 15.9. The van der Waals surface area contributed by atoms with Crippen LogP contribution in [0.15, 0.2) is 0 Å². The van der Waals surface area contributed by atoms with E-state index >= 15 is 0 Å². The third-order valence-electron chi connectivity index (χ3n) is 3.43. The van der Waals surface area contributed by atoms with Crippen molar-refractivity contribution in [1.29, 1.82) is 0 Å². The molecule has 0 saturated carbocycles. The zero-order chi connectivity index (χ0) is 14.8. The predicted octanol–water partition coefficient (Wildman–Crippen LogP) is -0.0633. The normalized spacial score (nSPS) is 21.5. The second kappa shape index (κ2) is 5.48. The van der Waals surface area contributed by atoms with Crippen LogP contribution < -0.4 is 5.32 Å². The number of amides is 2. The van der Waals surface area contributed by atoms with Crippen molar-refractivity contribution in [3.05, 3.63) is 0 Å². The molecule has 0 radical (unpaired) electrons. The average Bonchev–Trinajstić information content (AvgIpc) is 2.23. The molecule has 1 aliphatic heterocycles. The molecule has 1 rings (SSSR count). The SMILES string of the molecule is CCCC1NC(=O)CN(CC(C)(C)S(C)(=O)=O)C1=O. The van der Waals surface area contributed by atoms with Crippen LogP contribution in [0.1, 0.15) is 33.6 Å².